The number of hydrogen-bond acceptors (Lipinski definition) is 6. The Morgan fingerprint density at radius 2 is 1.97 bits per heavy atom. The minimum atomic E-state index is -0.643. The van der Waals surface area contributed by atoms with Gasteiger partial charge in [0.15, 0.2) is 28.5 Å². The van der Waals surface area contributed by atoms with E-state index in [2.05, 4.69) is 21.8 Å². The quantitative estimate of drug-likeness (QED) is 0.349. The summed E-state index contributed by atoms with van der Waals surface area (Å²) in [5, 5.41) is 9.60. The highest BCUT2D eigenvalue weighted by Gasteiger charge is 2.32. The summed E-state index contributed by atoms with van der Waals surface area (Å²) in [5.41, 5.74) is -0.0974. The van der Waals surface area contributed by atoms with Crippen LogP contribution in [0, 0.1) is 17.7 Å². The van der Waals surface area contributed by atoms with Crippen LogP contribution in [0.2, 0.25) is 0 Å². The van der Waals surface area contributed by atoms with E-state index in [1.165, 1.54) is 10.6 Å². The average Bonchev–Trinajstić information content (AvgIpc) is 3.47. The van der Waals surface area contributed by atoms with Crippen molar-refractivity contribution in [3.63, 3.8) is 0 Å². The van der Waals surface area contributed by atoms with E-state index in [0.29, 0.717) is 5.65 Å². The number of halogens is 1. The molecule has 5 rings (SSSR count). The van der Waals surface area contributed by atoms with Crippen LogP contribution in [0.1, 0.15) is 62.9 Å². The molecule has 33 heavy (non-hydrogen) atoms. The molecule has 0 atom stereocenters. The van der Waals surface area contributed by atoms with E-state index >= 15 is 0 Å². The Labute approximate surface area is 186 Å². The van der Waals surface area contributed by atoms with E-state index in [-0.39, 0.29) is 53.3 Å². The number of nitrogens with one attached hydrogen (secondary N) is 1. The van der Waals surface area contributed by atoms with Gasteiger partial charge in [-0.3, -0.25) is 18.7 Å². The van der Waals surface area contributed by atoms with Crippen molar-refractivity contribution in [3.05, 3.63) is 50.7 Å². The number of carbonyl (C=O) groups is 1. The zero-order valence-corrected chi connectivity index (χ0v) is 17.6. The molecule has 9 nitrogen and oxygen atoms in total. The highest BCUT2D eigenvalue weighted by atomic mass is 19.1. The predicted molar refractivity (Wildman–Crippen MR) is 116 cm³/mol. The van der Waals surface area contributed by atoms with Crippen LogP contribution in [-0.2, 0) is 4.79 Å². The molecule has 0 saturated heterocycles. The fourth-order valence-electron chi connectivity index (χ4n) is 3.85. The lowest BCUT2D eigenvalue weighted by molar-refractivity contribution is -0.134. The standard InChI is InChI=1S/C23H21FN4O5/c24-13-8-11-17(16(29)12-13)33-19(30)7-2-1-6-18-25-20-21(26-18)27(14-4-3-5-14)23(32)28(22(20)31)15-9-10-15/h8,11-12,14-15,29H,2-5,7,9-10H2,(H,25,26). The summed E-state index contributed by atoms with van der Waals surface area (Å²) in [5.74, 6) is 3.96. The van der Waals surface area contributed by atoms with Gasteiger partial charge in [0, 0.05) is 24.6 Å². The monoisotopic (exact) mass is 452 g/mol. The van der Waals surface area contributed by atoms with Gasteiger partial charge < -0.3 is 14.8 Å². The fourth-order valence-corrected chi connectivity index (χ4v) is 3.85. The number of benzene rings is 1. The first-order valence-electron chi connectivity index (χ1n) is 10.9. The van der Waals surface area contributed by atoms with Gasteiger partial charge in [-0.1, -0.05) is 5.92 Å². The van der Waals surface area contributed by atoms with Gasteiger partial charge >= 0.3 is 11.7 Å². The number of ether oxygens (including phenoxy) is 1. The Balaban J connectivity index is 1.34. The van der Waals surface area contributed by atoms with E-state index < -0.39 is 17.5 Å². The Morgan fingerprint density at radius 1 is 1.21 bits per heavy atom. The maximum Gasteiger partial charge on any atom is 0.333 e. The molecule has 2 saturated carbocycles. The molecule has 3 aromatic rings. The number of aromatic amines is 1. The van der Waals surface area contributed by atoms with Crippen LogP contribution in [0.25, 0.3) is 11.2 Å². The van der Waals surface area contributed by atoms with Crippen molar-refractivity contribution in [3.8, 4) is 23.3 Å². The number of nitrogens with zero attached hydrogens (tertiary/aromatic N) is 3. The topological polar surface area (TPSA) is 119 Å². The molecule has 2 aromatic heterocycles. The van der Waals surface area contributed by atoms with Crippen molar-refractivity contribution < 1.29 is 19.0 Å². The van der Waals surface area contributed by atoms with Crippen molar-refractivity contribution in [2.75, 3.05) is 0 Å². The number of phenolic OH excluding ortho intramolecular Hbond substituents is 1. The third-order valence-corrected chi connectivity index (χ3v) is 5.92. The van der Waals surface area contributed by atoms with Gasteiger partial charge in [0.1, 0.15) is 5.82 Å². The molecule has 2 heterocycles. The average molecular weight is 452 g/mol. The number of rotatable bonds is 5. The molecule has 2 N–H and O–H groups in total. The van der Waals surface area contributed by atoms with Crippen molar-refractivity contribution in [1.29, 1.82) is 0 Å². The highest BCUT2D eigenvalue weighted by Crippen LogP contribution is 2.35. The van der Waals surface area contributed by atoms with Crippen LogP contribution in [0.3, 0.4) is 0 Å². The summed E-state index contributed by atoms with van der Waals surface area (Å²) in [4.78, 5) is 45.2. The van der Waals surface area contributed by atoms with Gasteiger partial charge in [-0.25, -0.2) is 14.2 Å². The molecule has 0 spiro atoms. The van der Waals surface area contributed by atoms with Crippen LogP contribution in [0.5, 0.6) is 11.5 Å². The third-order valence-electron chi connectivity index (χ3n) is 5.92. The largest absolute Gasteiger partial charge is 0.504 e. The summed E-state index contributed by atoms with van der Waals surface area (Å²) in [7, 11) is 0. The predicted octanol–water partition coefficient (Wildman–Crippen LogP) is 2.53. The molecular weight excluding hydrogens is 431 g/mol. The fraction of sp³-hybridized carbons (Fsp3) is 0.391. The summed E-state index contributed by atoms with van der Waals surface area (Å²) in [6.45, 7) is 0. The normalized spacial score (nSPS) is 15.7. The second kappa shape index (κ2) is 8.24. The Kier molecular flexibility index (Phi) is 5.24. The Bertz CT molecular complexity index is 1430. The van der Waals surface area contributed by atoms with Gasteiger partial charge in [-0.15, -0.1) is 0 Å². The van der Waals surface area contributed by atoms with Gasteiger partial charge in [0.05, 0.1) is 6.42 Å². The maximum atomic E-state index is 13.0. The molecule has 170 valence electrons. The summed E-state index contributed by atoms with van der Waals surface area (Å²) in [6, 6.07) is 3.07. The molecule has 0 amide bonds. The van der Waals surface area contributed by atoms with E-state index in [9.17, 15) is 23.9 Å². The number of aromatic nitrogens is 4. The van der Waals surface area contributed by atoms with Crippen LogP contribution in [0.15, 0.2) is 27.8 Å². The smallest absolute Gasteiger partial charge is 0.333 e. The van der Waals surface area contributed by atoms with Crippen LogP contribution in [0.4, 0.5) is 4.39 Å². The molecule has 2 aliphatic rings. The number of imidazole rings is 1. The number of esters is 1. The van der Waals surface area contributed by atoms with Gasteiger partial charge in [0.25, 0.3) is 5.56 Å². The molecule has 0 aliphatic heterocycles. The second-order valence-electron chi connectivity index (χ2n) is 8.32. The zero-order valence-electron chi connectivity index (χ0n) is 17.6. The third kappa shape index (κ3) is 4.02. The molecule has 10 heteroatoms. The number of H-pyrrole nitrogens is 1. The van der Waals surface area contributed by atoms with E-state index in [1.807, 2.05) is 0 Å². The van der Waals surface area contributed by atoms with Crippen molar-refractivity contribution in [1.82, 2.24) is 19.1 Å². The lowest BCUT2D eigenvalue weighted by atomic mass is 9.93. The molecule has 0 unspecified atom stereocenters. The molecule has 2 aliphatic carbocycles. The van der Waals surface area contributed by atoms with Gasteiger partial charge in [-0.2, -0.15) is 0 Å². The first-order valence-corrected chi connectivity index (χ1v) is 10.9. The molecule has 1 aromatic carbocycles. The zero-order chi connectivity index (χ0) is 23.1. The number of aromatic hydroxyl groups is 1. The van der Waals surface area contributed by atoms with Crippen LogP contribution in [-0.4, -0.2) is 30.2 Å². The number of fused-ring (bicyclic) bond motifs is 1. The summed E-state index contributed by atoms with van der Waals surface area (Å²) >= 11 is 0. The minimum absolute atomic E-state index is 0.0346. The first kappa shape index (κ1) is 21.0. The SMILES string of the molecule is O=C(CCC#Cc1nc2c([nH]1)c(=O)n(C1CC1)c(=O)n2C1CCC1)Oc1ccc(F)cc1O. The first-order chi connectivity index (χ1) is 15.9. The lowest BCUT2D eigenvalue weighted by Gasteiger charge is -2.28. The number of phenols is 1. The van der Waals surface area contributed by atoms with Crippen LogP contribution < -0.4 is 16.0 Å². The van der Waals surface area contributed by atoms with Crippen molar-refractivity contribution >= 4 is 17.1 Å². The second-order valence-corrected chi connectivity index (χ2v) is 8.32. The number of hydrogen-bond donors (Lipinski definition) is 2. The molecule has 0 radical (unpaired) electrons. The van der Waals surface area contributed by atoms with Crippen molar-refractivity contribution in [2.45, 2.75) is 57.0 Å². The van der Waals surface area contributed by atoms with Crippen LogP contribution >= 0.6 is 0 Å². The maximum absolute atomic E-state index is 13.0. The Morgan fingerprint density at radius 3 is 2.64 bits per heavy atom. The Hall–Kier alpha value is -3.87. The van der Waals surface area contributed by atoms with E-state index in [1.54, 1.807) is 4.57 Å². The highest BCUT2D eigenvalue weighted by molar-refractivity contribution is 5.73. The lowest BCUT2D eigenvalue weighted by Crippen LogP contribution is -2.42. The molecular formula is C23H21FN4O5. The minimum Gasteiger partial charge on any atom is -0.504 e. The molecule has 0 bridgehead atoms. The van der Waals surface area contributed by atoms with Gasteiger partial charge in [0.2, 0.25) is 0 Å². The summed E-state index contributed by atoms with van der Waals surface area (Å²) < 4.78 is 21.0. The summed E-state index contributed by atoms with van der Waals surface area (Å²) in [6.07, 6.45) is 4.49. The molecule has 2 fully saturated rings. The number of carbonyl (C=O) groups excluding carboxylic acids is 1. The van der Waals surface area contributed by atoms with E-state index in [0.717, 1.165) is 44.2 Å². The van der Waals surface area contributed by atoms with Gasteiger partial charge in [-0.05, 0) is 50.2 Å². The van der Waals surface area contributed by atoms with Crippen molar-refractivity contribution in [2.24, 2.45) is 0 Å². The van der Waals surface area contributed by atoms with E-state index in [4.69, 9.17) is 4.74 Å².